The fourth-order valence-electron chi connectivity index (χ4n) is 3.34. The molecule has 0 bridgehead atoms. The summed E-state index contributed by atoms with van der Waals surface area (Å²) < 4.78 is 0. The lowest BCUT2D eigenvalue weighted by Gasteiger charge is -2.31. The van der Waals surface area contributed by atoms with Gasteiger partial charge in [0.1, 0.15) is 5.69 Å². The molecule has 0 saturated heterocycles. The van der Waals surface area contributed by atoms with Crippen molar-refractivity contribution in [3.05, 3.63) is 24.0 Å². The number of nitrogens with two attached hydrogens (primary N) is 1. The maximum atomic E-state index is 12.1. The Kier molecular flexibility index (Phi) is 4.63. The molecule has 2 rings (SSSR count). The average molecular weight is 275 g/mol. The Hall–Kier alpha value is -1.58. The van der Waals surface area contributed by atoms with Gasteiger partial charge in [0.05, 0.1) is 11.9 Å². The van der Waals surface area contributed by atoms with Crippen LogP contribution in [0.15, 0.2) is 18.3 Å². The van der Waals surface area contributed by atoms with E-state index in [0.717, 1.165) is 6.54 Å². The van der Waals surface area contributed by atoms with Gasteiger partial charge in [-0.3, -0.25) is 4.79 Å². The van der Waals surface area contributed by atoms with Gasteiger partial charge in [0, 0.05) is 6.54 Å². The minimum atomic E-state index is -0.0972. The predicted octanol–water partition coefficient (Wildman–Crippen LogP) is 3.00. The Bertz CT molecular complexity index is 447. The Morgan fingerprint density at radius 1 is 1.40 bits per heavy atom. The Morgan fingerprint density at radius 2 is 2.10 bits per heavy atom. The first-order valence-corrected chi connectivity index (χ1v) is 7.50. The molecular weight excluding hydrogens is 250 g/mol. The number of hydrogen-bond acceptors (Lipinski definition) is 3. The van der Waals surface area contributed by atoms with Gasteiger partial charge in [-0.05, 0) is 42.7 Å². The molecule has 3 N–H and O–H groups in total. The van der Waals surface area contributed by atoms with E-state index in [1.165, 1.54) is 38.3 Å². The first-order chi connectivity index (χ1) is 9.51. The highest BCUT2D eigenvalue weighted by molar-refractivity contribution is 5.92. The number of hydrogen-bond donors (Lipinski definition) is 2. The number of amides is 1. The van der Waals surface area contributed by atoms with E-state index < -0.39 is 0 Å². The second kappa shape index (κ2) is 6.25. The zero-order chi connectivity index (χ0) is 14.6. The number of nitrogens with one attached hydrogen (secondary N) is 1. The van der Waals surface area contributed by atoms with Crippen LogP contribution < -0.4 is 11.1 Å². The Morgan fingerprint density at radius 3 is 2.65 bits per heavy atom. The third-order valence-corrected chi connectivity index (χ3v) is 4.15. The third-order valence-electron chi connectivity index (χ3n) is 4.15. The fraction of sp³-hybridized carbons (Fsp3) is 0.625. The van der Waals surface area contributed by atoms with Crippen LogP contribution in [-0.2, 0) is 0 Å². The van der Waals surface area contributed by atoms with Crippen molar-refractivity contribution in [2.24, 2.45) is 11.3 Å². The van der Waals surface area contributed by atoms with Gasteiger partial charge in [0.25, 0.3) is 5.91 Å². The van der Waals surface area contributed by atoms with Gasteiger partial charge in [-0.15, -0.1) is 0 Å². The molecule has 4 heteroatoms. The number of aromatic nitrogens is 1. The number of carbonyl (C=O) groups is 1. The van der Waals surface area contributed by atoms with Crippen LogP contribution in [0.2, 0.25) is 0 Å². The highest BCUT2D eigenvalue weighted by Gasteiger charge is 2.34. The maximum Gasteiger partial charge on any atom is 0.269 e. The summed E-state index contributed by atoms with van der Waals surface area (Å²) in [6.45, 7) is 5.27. The first kappa shape index (κ1) is 14.8. The van der Waals surface area contributed by atoms with Crippen LogP contribution in [-0.4, -0.2) is 17.4 Å². The summed E-state index contributed by atoms with van der Waals surface area (Å²) in [4.78, 5) is 16.2. The molecule has 1 heterocycles. The number of rotatable bonds is 5. The number of pyridine rings is 1. The van der Waals surface area contributed by atoms with Crippen LogP contribution in [0.3, 0.4) is 0 Å². The highest BCUT2D eigenvalue weighted by Crippen LogP contribution is 2.42. The lowest BCUT2D eigenvalue weighted by molar-refractivity contribution is 0.0917. The van der Waals surface area contributed by atoms with Crippen LogP contribution >= 0.6 is 0 Å². The van der Waals surface area contributed by atoms with Gasteiger partial charge >= 0.3 is 0 Å². The minimum Gasteiger partial charge on any atom is -0.397 e. The molecule has 0 spiro atoms. The second-order valence-corrected chi connectivity index (χ2v) is 6.46. The zero-order valence-electron chi connectivity index (χ0n) is 12.5. The predicted molar refractivity (Wildman–Crippen MR) is 81.3 cm³/mol. The quantitative estimate of drug-likeness (QED) is 0.868. The topological polar surface area (TPSA) is 68.0 Å². The molecule has 0 radical (unpaired) electrons. The van der Waals surface area contributed by atoms with Crippen molar-refractivity contribution < 1.29 is 4.79 Å². The average Bonchev–Trinajstić information content (AvgIpc) is 2.85. The van der Waals surface area contributed by atoms with Gasteiger partial charge in [0.2, 0.25) is 0 Å². The number of anilines is 1. The summed E-state index contributed by atoms with van der Waals surface area (Å²) in [5.74, 6) is 0.569. The van der Waals surface area contributed by atoms with Gasteiger partial charge in [-0.1, -0.05) is 26.7 Å². The van der Waals surface area contributed by atoms with E-state index in [2.05, 4.69) is 24.1 Å². The molecule has 0 aliphatic heterocycles. The van der Waals surface area contributed by atoms with E-state index >= 15 is 0 Å². The number of carbonyl (C=O) groups excluding carboxylic acids is 1. The summed E-state index contributed by atoms with van der Waals surface area (Å²) >= 11 is 0. The molecule has 1 aliphatic rings. The minimum absolute atomic E-state index is 0.0972. The summed E-state index contributed by atoms with van der Waals surface area (Å²) in [6.07, 6.45) is 7.71. The maximum absolute atomic E-state index is 12.1. The smallest absolute Gasteiger partial charge is 0.269 e. The Balaban J connectivity index is 1.95. The summed E-state index contributed by atoms with van der Waals surface area (Å²) in [5, 5.41) is 3.06. The molecule has 4 nitrogen and oxygen atoms in total. The third kappa shape index (κ3) is 3.71. The first-order valence-electron chi connectivity index (χ1n) is 7.50. The standard InChI is InChI=1S/C16H25N3O/c1-12(2)9-16(7-3-4-8-16)11-19-15(20)14-6-5-13(17)10-18-14/h5-6,10,12H,3-4,7-9,11,17H2,1-2H3,(H,19,20). The lowest BCUT2D eigenvalue weighted by Crippen LogP contribution is -2.37. The summed E-state index contributed by atoms with van der Waals surface area (Å²) in [5.41, 5.74) is 6.89. The SMILES string of the molecule is CC(C)CC1(CNC(=O)c2ccc(N)cn2)CCCC1. The molecule has 1 aromatic heterocycles. The molecular formula is C16H25N3O. The number of nitrogens with zero attached hydrogens (tertiary/aromatic N) is 1. The van der Waals surface area contributed by atoms with E-state index in [1.807, 2.05) is 0 Å². The molecule has 1 fully saturated rings. The molecule has 0 unspecified atom stereocenters. The van der Waals surface area contributed by atoms with E-state index in [0.29, 0.717) is 17.3 Å². The van der Waals surface area contributed by atoms with Crippen LogP contribution in [0.5, 0.6) is 0 Å². The van der Waals surface area contributed by atoms with E-state index in [1.54, 1.807) is 12.1 Å². The van der Waals surface area contributed by atoms with Gasteiger partial charge in [0.15, 0.2) is 0 Å². The van der Waals surface area contributed by atoms with Gasteiger partial charge < -0.3 is 11.1 Å². The van der Waals surface area contributed by atoms with Crippen molar-refractivity contribution in [2.75, 3.05) is 12.3 Å². The van der Waals surface area contributed by atoms with Crippen molar-refractivity contribution in [2.45, 2.75) is 46.0 Å². The zero-order valence-corrected chi connectivity index (χ0v) is 12.5. The van der Waals surface area contributed by atoms with Crippen molar-refractivity contribution in [3.8, 4) is 0 Å². The normalized spacial score (nSPS) is 17.4. The lowest BCUT2D eigenvalue weighted by atomic mass is 9.78. The molecule has 0 aromatic carbocycles. The molecule has 1 saturated carbocycles. The molecule has 110 valence electrons. The van der Waals surface area contributed by atoms with Crippen LogP contribution in [0.1, 0.15) is 56.4 Å². The van der Waals surface area contributed by atoms with Crippen molar-refractivity contribution in [1.82, 2.24) is 10.3 Å². The largest absolute Gasteiger partial charge is 0.397 e. The van der Waals surface area contributed by atoms with Gasteiger partial charge in [-0.25, -0.2) is 4.98 Å². The monoisotopic (exact) mass is 275 g/mol. The molecule has 20 heavy (non-hydrogen) atoms. The van der Waals surface area contributed by atoms with Crippen LogP contribution in [0, 0.1) is 11.3 Å². The second-order valence-electron chi connectivity index (χ2n) is 6.46. The van der Waals surface area contributed by atoms with Crippen LogP contribution in [0.25, 0.3) is 0 Å². The van der Waals surface area contributed by atoms with E-state index in [-0.39, 0.29) is 11.3 Å². The van der Waals surface area contributed by atoms with Gasteiger partial charge in [-0.2, -0.15) is 0 Å². The fourth-order valence-corrected chi connectivity index (χ4v) is 3.34. The molecule has 1 amide bonds. The van der Waals surface area contributed by atoms with Crippen molar-refractivity contribution >= 4 is 11.6 Å². The summed E-state index contributed by atoms with van der Waals surface area (Å²) in [7, 11) is 0. The highest BCUT2D eigenvalue weighted by atomic mass is 16.1. The van der Waals surface area contributed by atoms with E-state index in [9.17, 15) is 4.79 Å². The molecule has 1 aliphatic carbocycles. The summed E-state index contributed by atoms with van der Waals surface area (Å²) in [6, 6.07) is 3.38. The Labute approximate surface area is 121 Å². The van der Waals surface area contributed by atoms with Crippen LogP contribution in [0.4, 0.5) is 5.69 Å². The number of nitrogen functional groups attached to an aromatic ring is 1. The van der Waals surface area contributed by atoms with Crippen molar-refractivity contribution in [3.63, 3.8) is 0 Å². The molecule has 1 aromatic rings. The van der Waals surface area contributed by atoms with Crippen molar-refractivity contribution in [1.29, 1.82) is 0 Å². The van der Waals surface area contributed by atoms with E-state index in [4.69, 9.17) is 5.73 Å². The molecule has 0 atom stereocenters.